The Morgan fingerprint density at radius 2 is 1.89 bits per heavy atom. The number of fused-ring (bicyclic) bond motifs is 1. The molecule has 3 atom stereocenters. The normalized spacial score (nSPS) is 22.9. The van der Waals surface area contributed by atoms with Crippen molar-refractivity contribution in [2.45, 2.75) is 83.7 Å². The molecule has 2 aromatic rings. The molecule has 2 aromatic carbocycles. The second-order valence-electron chi connectivity index (χ2n) is 12.7. The number of carbonyl (C=O) groups excluding carboxylic acids is 1. The maximum absolute atomic E-state index is 14.4. The molecule has 0 aliphatic carbocycles. The van der Waals surface area contributed by atoms with E-state index >= 15 is 0 Å². The SMILES string of the molecule is CCCC(CCC)N(C(=O)CN1C[C@H](c2ccc3c(c2)CCO3)[C@@H](C(=O)O)[C@@H]1CCN1CCCS1(=O)=O)c1ccc(F)c(C)c1. The highest BCUT2D eigenvalue weighted by molar-refractivity contribution is 7.89. The summed E-state index contributed by atoms with van der Waals surface area (Å²) in [5, 5.41) is 10.6. The van der Waals surface area contributed by atoms with E-state index in [1.54, 1.807) is 24.0 Å². The fourth-order valence-corrected chi connectivity index (χ4v) is 9.05. The number of aryl methyl sites for hydroxylation is 1. The van der Waals surface area contributed by atoms with Crippen LogP contribution in [0.5, 0.6) is 5.75 Å². The number of likely N-dealkylation sites (tertiary alicyclic amines) is 1. The molecular formula is C34H46FN3O6S. The van der Waals surface area contributed by atoms with Gasteiger partial charge >= 0.3 is 5.97 Å². The number of nitrogens with zero attached hydrogens (tertiary/aromatic N) is 3. The van der Waals surface area contributed by atoms with Crippen molar-refractivity contribution in [3.8, 4) is 5.75 Å². The average molecular weight is 644 g/mol. The number of rotatable bonds is 13. The molecule has 11 heteroatoms. The van der Waals surface area contributed by atoms with Gasteiger partial charge in [-0.1, -0.05) is 38.8 Å². The summed E-state index contributed by atoms with van der Waals surface area (Å²) < 4.78 is 46.7. The quantitative estimate of drug-likeness (QED) is 0.329. The van der Waals surface area contributed by atoms with Gasteiger partial charge in [-0.2, -0.15) is 0 Å². The van der Waals surface area contributed by atoms with E-state index in [1.165, 1.54) is 10.4 Å². The minimum Gasteiger partial charge on any atom is -0.493 e. The maximum Gasteiger partial charge on any atom is 0.308 e. The highest BCUT2D eigenvalue weighted by atomic mass is 32.2. The minimum atomic E-state index is -3.36. The third-order valence-corrected chi connectivity index (χ3v) is 11.6. The van der Waals surface area contributed by atoms with Gasteiger partial charge in [0.15, 0.2) is 0 Å². The summed E-state index contributed by atoms with van der Waals surface area (Å²) in [4.78, 5) is 31.1. The van der Waals surface area contributed by atoms with Crippen molar-refractivity contribution in [3.63, 3.8) is 0 Å². The van der Waals surface area contributed by atoms with E-state index in [1.807, 2.05) is 23.1 Å². The van der Waals surface area contributed by atoms with Crippen molar-refractivity contribution in [2.24, 2.45) is 5.92 Å². The second-order valence-corrected chi connectivity index (χ2v) is 14.8. The highest BCUT2D eigenvalue weighted by Gasteiger charge is 2.48. The molecule has 1 amide bonds. The van der Waals surface area contributed by atoms with Crippen molar-refractivity contribution >= 4 is 27.6 Å². The van der Waals surface area contributed by atoms with Crippen molar-refractivity contribution in [1.82, 2.24) is 9.21 Å². The fraction of sp³-hybridized carbons (Fsp3) is 0.588. The van der Waals surface area contributed by atoms with Gasteiger partial charge in [0.25, 0.3) is 0 Å². The molecule has 0 bridgehead atoms. The Bertz CT molecular complexity index is 1490. The van der Waals surface area contributed by atoms with Gasteiger partial charge < -0.3 is 14.7 Å². The summed E-state index contributed by atoms with van der Waals surface area (Å²) in [5.74, 6) is -1.76. The molecule has 0 radical (unpaired) electrons. The molecule has 3 heterocycles. The summed E-state index contributed by atoms with van der Waals surface area (Å²) in [6.45, 7) is 7.39. The molecule has 2 fully saturated rings. The first-order chi connectivity index (χ1) is 21.5. The Labute approximate surface area is 266 Å². The lowest BCUT2D eigenvalue weighted by Crippen LogP contribution is -2.48. The number of anilines is 1. The predicted molar refractivity (Wildman–Crippen MR) is 172 cm³/mol. The van der Waals surface area contributed by atoms with Gasteiger partial charge in [-0.15, -0.1) is 0 Å². The van der Waals surface area contributed by atoms with Crippen LogP contribution in [0.3, 0.4) is 0 Å². The molecule has 0 spiro atoms. The molecular weight excluding hydrogens is 597 g/mol. The number of amides is 1. The first kappa shape index (κ1) is 33.3. The molecule has 3 aliphatic rings. The maximum atomic E-state index is 14.4. The summed E-state index contributed by atoms with van der Waals surface area (Å²) in [5.41, 5.74) is 3.02. The number of ether oxygens (including phenoxy) is 1. The van der Waals surface area contributed by atoms with Crippen LogP contribution in [-0.4, -0.2) is 85.2 Å². The summed E-state index contributed by atoms with van der Waals surface area (Å²) in [6.07, 6.45) is 4.92. The lowest BCUT2D eigenvalue weighted by Gasteiger charge is -2.35. The van der Waals surface area contributed by atoms with E-state index in [0.29, 0.717) is 43.8 Å². The number of hydrogen-bond acceptors (Lipinski definition) is 6. The van der Waals surface area contributed by atoms with Crippen LogP contribution in [0.15, 0.2) is 36.4 Å². The highest BCUT2D eigenvalue weighted by Crippen LogP contribution is 2.41. The zero-order valence-corrected chi connectivity index (χ0v) is 27.4. The van der Waals surface area contributed by atoms with E-state index < -0.39 is 28.0 Å². The number of carboxylic acids is 1. The Kier molecular flexibility index (Phi) is 10.5. The van der Waals surface area contributed by atoms with Crippen LogP contribution in [0.1, 0.15) is 75.0 Å². The van der Waals surface area contributed by atoms with Crippen LogP contribution < -0.4 is 9.64 Å². The molecule has 0 saturated carbocycles. The van der Waals surface area contributed by atoms with Crippen LogP contribution >= 0.6 is 0 Å². The smallest absolute Gasteiger partial charge is 0.308 e. The van der Waals surface area contributed by atoms with Gasteiger partial charge in [0.1, 0.15) is 11.6 Å². The van der Waals surface area contributed by atoms with Crippen molar-refractivity contribution < 1.29 is 32.2 Å². The van der Waals surface area contributed by atoms with Crippen LogP contribution in [0.25, 0.3) is 0 Å². The summed E-state index contributed by atoms with van der Waals surface area (Å²) >= 11 is 0. The predicted octanol–water partition coefficient (Wildman–Crippen LogP) is 4.97. The number of carboxylic acid groups (broad SMARTS) is 1. The van der Waals surface area contributed by atoms with Gasteiger partial charge in [0.05, 0.1) is 24.8 Å². The van der Waals surface area contributed by atoms with E-state index in [0.717, 1.165) is 49.0 Å². The number of carbonyl (C=O) groups is 2. The molecule has 3 aliphatic heterocycles. The van der Waals surface area contributed by atoms with Gasteiger partial charge in [0, 0.05) is 49.7 Å². The van der Waals surface area contributed by atoms with Gasteiger partial charge in [0.2, 0.25) is 15.9 Å². The van der Waals surface area contributed by atoms with Crippen LogP contribution in [0, 0.1) is 18.7 Å². The first-order valence-corrected chi connectivity index (χ1v) is 17.9. The Balaban J connectivity index is 1.49. The molecule has 1 N–H and O–H groups in total. The summed E-state index contributed by atoms with van der Waals surface area (Å²) in [7, 11) is -3.36. The number of benzene rings is 2. The monoisotopic (exact) mass is 643 g/mol. The fourth-order valence-electron chi connectivity index (χ4n) is 7.50. The molecule has 0 unspecified atom stereocenters. The zero-order chi connectivity index (χ0) is 32.3. The van der Waals surface area contributed by atoms with Gasteiger partial charge in [-0.05, 0) is 73.6 Å². The van der Waals surface area contributed by atoms with E-state index in [2.05, 4.69) is 13.8 Å². The van der Waals surface area contributed by atoms with Gasteiger partial charge in [-0.3, -0.25) is 14.5 Å². The van der Waals surface area contributed by atoms with Crippen molar-refractivity contribution in [1.29, 1.82) is 0 Å². The Hall–Kier alpha value is -3.02. The minimum absolute atomic E-state index is 0.0217. The molecule has 5 rings (SSSR count). The summed E-state index contributed by atoms with van der Waals surface area (Å²) in [6, 6.07) is 9.96. The third kappa shape index (κ3) is 7.20. The van der Waals surface area contributed by atoms with E-state index in [4.69, 9.17) is 4.74 Å². The largest absolute Gasteiger partial charge is 0.493 e. The number of halogens is 1. The van der Waals surface area contributed by atoms with Crippen LogP contribution in [-0.2, 0) is 26.0 Å². The Morgan fingerprint density at radius 3 is 2.53 bits per heavy atom. The molecule has 45 heavy (non-hydrogen) atoms. The Morgan fingerprint density at radius 1 is 1.13 bits per heavy atom. The first-order valence-electron chi connectivity index (χ1n) is 16.3. The molecule has 2 saturated heterocycles. The number of aliphatic carboxylic acids is 1. The lowest BCUT2D eigenvalue weighted by atomic mass is 9.83. The second kappa shape index (κ2) is 14.2. The number of hydrogen-bond donors (Lipinski definition) is 1. The zero-order valence-electron chi connectivity index (χ0n) is 26.6. The van der Waals surface area contributed by atoms with Crippen molar-refractivity contribution in [3.05, 3.63) is 58.9 Å². The van der Waals surface area contributed by atoms with Gasteiger partial charge in [-0.25, -0.2) is 17.1 Å². The molecule has 246 valence electrons. The number of sulfonamides is 1. The molecule has 9 nitrogen and oxygen atoms in total. The standard InChI is InChI=1S/C34H46FN3O6S/c1-4-7-26(8-5-2)38(27-10-11-29(35)23(3)19-27)32(39)22-36-21-28(24-9-12-31-25(20-24)14-17-44-31)33(34(40)41)30(36)13-16-37-15-6-18-45(37,42)43/h9-12,19-20,26,28,30,33H,4-8,13-18,21-22H2,1-3H3,(H,40,41)/t28-,30+,33-/m1/s1. The lowest BCUT2D eigenvalue weighted by molar-refractivity contribution is -0.143. The van der Waals surface area contributed by atoms with E-state index in [9.17, 15) is 27.5 Å². The topological polar surface area (TPSA) is 107 Å². The van der Waals surface area contributed by atoms with Crippen molar-refractivity contribution in [2.75, 3.05) is 43.4 Å². The van der Waals surface area contributed by atoms with E-state index in [-0.39, 0.29) is 42.5 Å². The third-order valence-electron chi connectivity index (χ3n) is 9.69. The molecule has 0 aromatic heterocycles. The van der Waals surface area contributed by atoms with Crippen LogP contribution in [0.2, 0.25) is 0 Å². The van der Waals surface area contributed by atoms with Crippen LogP contribution in [0.4, 0.5) is 10.1 Å². The average Bonchev–Trinajstić information content (AvgIpc) is 3.70.